The molecule has 0 amide bonds. The van der Waals surface area contributed by atoms with Crippen LogP contribution in [0.4, 0.5) is 4.39 Å². The lowest BCUT2D eigenvalue weighted by molar-refractivity contribution is 0.0362. The maximum Gasteiger partial charge on any atom is 0.196 e. The van der Waals surface area contributed by atoms with Crippen LogP contribution in [0.15, 0.2) is 48.5 Å². The van der Waals surface area contributed by atoms with E-state index in [1.54, 1.807) is 6.07 Å². The summed E-state index contributed by atoms with van der Waals surface area (Å²) < 4.78 is 20.3. The molecule has 8 nitrogen and oxygen atoms in total. The molecule has 3 fully saturated rings. The molecule has 0 radical (unpaired) electrons. The van der Waals surface area contributed by atoms with Gasteiger partial charge >= 0.3 is 0 Å². The predicted octanol–water partition coefficient (Wildman–Crippen LogP) is 1.79. The van der Waals surface area contributed by atoms with Gasteiger partial charge in [0, 0.05) is 50.7 Å². The second-order valence-electron chi connectivity index (χ2n) is 9.19. The number of guanidine groups is 1. The molecule has 0 aliphatic carbocycles. The van der Waals surface area contributed by atoms with Crippen LogP contribution in [0.2, 0.25) is 0 Å². The Morgan fingerprint density at radius 3 is 2.59 bits per heavy atom. The lowest BCUT2D eigenvalue weighted by atomic mass is 9.95. The first-order valence-electron chi connectivity index (χ1n) is 12.1. The van der Waals surface area contributed by atoms with E-state index in [1.807, 2.05) is 47.4 Å². The van der Waals surface area contributed by atoms with E-state index in [2.05, 4.69) is 32.9 Å². The maximum atomic E-state index is 14.9. The second kappa shape index (κ2) is 10.4. The summed E-state index contributed by atoms with van der Waals surface area (Å²) in [4.78, 5) is 6.57. The van der Waals surface area contributed by atoms with Crippen LogP contribution in [0.3, 0.4) is 0 Å². The zero-order chi connectivity index (χ0) is 23.5. The minimum absolute atomic E-state index is 0.0334. The fraction of sp³-hybridized carbons (Fsp3) is 0.480. The van der Waals surface area contributed by atoms with Gasteiger partial charge in [0.15, 0.2) is 12.2 Å². The van der Waals surface area contributed by atoms with Crippen molar-refractivity contribution in [3.05, 3.63) is 59.9 Å². The third kappa shape index (κ3) is 4.94. The van der Waals surface area contributed by atoms with Crippen molar-refractivity contribution in [2.24, 2.45) is 0 Å². The molecule has 0 saturated carbocycles. The molecule has 0 bridgehead atoms. The predicted molar refractivity (Wildman–Crippen MR) is 130 cm³/mol. The summed E-state index contributed by atoms with van der Waals surface area (Å²) in [6.07, 6.45) is -0.260. The van der Waals surface area contributed by atoms with Gasteiger partial charge in [-0.2, -0.15) is 0 Å². The van der Waals surface area contributed by atoms with Gasteiger partial charge in [-0.05, 0) is 17.2 Å². The van der Waals surface area contributed by atoms with Crippen LogP contribution >= 0.6 is 0 Å². The molecule has 9 heteroatoms. The summed E-state index contributed by atoms with van der Waals surface area (Å²) in [7, 11) is 0. The SMILES string of the molecule is CC(c1ccc(-c2ccccc2)c(F)c1)C1NNC(N2CCN(CCN3CCOCC3)C2=N)N1. The number of nitrogens with one attached hydrogen (secondary N) is 4. The van der Waals surface area contributed by atoms with Crippen LogP contribution in [0.1, 0.15) is 18.4 Å². The van der Waals surface area contributed by atoms with Crippen molar-refractivity contribution in [1.82, 2.24) is 30.9 Å². The Morgan fingerprint density at radius 2 is 1.82 bits per heavy atom. The topological polar surface area (TPSA) is 78.9 Å². The Balaban J connectivity index is 1.16. The molecule has 0 aromatic heterocycles. The van der Waals surface area contributed by atoms with Crippen molar-refractivity contribution in [2.75, 3.05) is 52.5 Å². The van der Waals surface area contributed by atoms with E-state index >= 15 is 0 Å². The van der Waals surface area contributed by atoms with E-state index in [4.69, 9.17) is 10.1 Å². The van der Waals surface area contributed by atoms with Crippen LogP contribution in [-0.2, 0) is 4.74 Å². The summed E-state index contributed by atoms with van der Waals surface area (Å²) in [6.45, 7) is 9.03. The molecule has 3 unspecified atom stereocenters. The average molecular weight is 468 g/mol. The molecule has 34 heavy (non-hydrogen) atoms. The van der Waals surface area contributed by atoms with Crippen molar-refractivity contribution >= 4 is 5.96 Å². The molecule has 3 saturated heterocycles. The number of benzene rings is 2. The second-order valence-corrected chi connectivity index (χ2v) is 9.19. The lowest BCUT2D eigenvalue weighted by Crippen LogP contribution is -2.52. The number of hydrazine groups is 1. The molecule has 182 valence electrons. The smallest absolute Gasteiger partial charge is 0.196 e. The molecule has 4 N–H and O–H groups in total. The highest BCUT2D eigenvalue weighted by Gasteiger charge is 2.37. The lowest BCUT2D eigenvalue weighted by Gasteiger charge is -2.30. The quantitative estimate of drug-likeness (QED) is 0.495. The van der Waals surface area contributed by atoms with Gasteiger partial charge in [0.05, 0.1) is 19.4 Å². The van der Waals surface area contributed by atoms with E-state index in [9.17, 15) is 4.39 Å². The van der Waals surface area contributed by atoms with E-state index < -0.39 is 0 Å². The standard InChI is InChI=1S/C25H34FN7O/c1-18(20-7-8-21(22(26)17-20)19-5-3-2-4-6-19)23-28-25(30-29-23)33-12-11-32(24(33)27)10-9-31-13-15-34-16-14-31/h2-8,17-18,23,25,27-30H,9-16H2,1H3. The molecule has 0 spiro atoms. The van der Waals surface area contributed by atoms with Crippen molar-refractivity contribution < 1.29 is 9.13 Å². The van der Waals surface area contributed by atoms with E-state index in [0.29, 0.717) is 11.5 Å². The summed E-state index contributed by atoms with van der Waals surface area (Å²) >= 11 is 0. The summed E-state index contributed by atoms with van der Waals surface area (Å²) in [5.41, 5.74) is 9.00. The van der Waals surface area contributed by atoms with Crippen molar-refractivity contribution in [3.8, 4) is 11.1 Å². The Labute approximate surface area is 200 Å². The molecule has 3 aliphatic rings. The number of rotatable bonds is 7. The number of nitrogens with zero attached hydrogens (tertiary/aromatic N) is 3. The molecular weight excluding hydrogens is 433 g/mol. The van der Waals surface area contributed by atoms with Gasteiger partial charge in [-0.1, -0.05) is 49.4 Å². The van der Waals surface area contributed by atoms with Gasteiger partial charge in [-0.25, -0.2) is 15.2 Å². The van der Waals surface area contributed by atoms with Crippen LogP contribution in [0, 0.1) is 11.2 Å². The zero-order valence-corrected chi connectivity index (χ0v) is 19.6. The zero-order valence-electron chi connectivity index (χ0n) is 19.6. The minimum Gasteiger partial charge on any atom is -0.379 e. The number of halogens is 1. The van der Waals surface area contributed by atoms with Gasteiger partial charge < -0.3 is 14.5 Å². The largest absolute Gasteiger partial charge is 0.379 e. The number of hydrogen-bond donors (Lipinski definition) is 4. The van der Waals surface area contributed by atoms with Crippen LogP contribution < -0.4 is 16.2 Å². The summed E-state index contributed by atoms with van der Waals surface area (Å²) in [5, 5.41) is 12.2. The highest BCUT2D eigenvalue weighted by molar-refractivity contribution is 5.79. The first-order valence-corrected chi connectivity index (χ1v) is 12.1. The van der Waals surface area contributed by atoms with Crippen LogP contribution in [0.5, 0.6) is 0 Å². The number of ether oxygens (including phenoxy) is 1. The van der Waals surface area contributed by atoms with Gasteiger partial charge in [0.2, 0.25) is 0 Å². The molecule has 2 aromatic carbocycles. The molecular formula is C25H34FN7O. The van der Waals surface area contributed by atoms with Gasteiger partial charge in [0.25, 0.3) is 0 Å². The van der Waals surface area contributed by atoms with Crippen molar-refractivity contribution in [2.45, 2.75) is 25.3 Å². The number of hydrogen-bond acceptors (Lipinski definition) is 6. The fourth-order valence-electron chi connectivity index (χ4n) is 4.90. The van der Waals surface area contributed by atoms with Gasteiger partial charge in [0.1, 0.15) is 5.82 Å². The molecule has 3 aliphatic heterocycles. The third-order valence-electron chi connectivity index (χ3n) is 7.10. The van der Waals surface area contributed by atoms with E-state index in [-0.39, 0.29) is 24.2 Å². The molecule has 3 heterocycles. The normalized spacial score (nSPS) is 24.7. The molecule has 5 rings (SSSR count). The van der Waals surface area contributed by atoms with Crippen molar-refractivity contribution in [3.63, 3.8) is 0 Å². The first-order chi connectivity index (χ1) is 16.6. The third-order valence-corrected chi connectivity index (χ3v) is 7.10. The Bertz CT molecular complexity index is 984. The summed E-state index contributed by atoms with van der Waals surface area (Å²) in [6, 6.07) is 15.1. The number of morpholine rings is 1. The Kier molecular flexibility index (Phi) is 7.07. The highest BCUT2D eigenvalue weighted by atomic mass is 19.1. The molecule has 3 atom stereocenters. The minimum atomic E-state index is -0.213. The highest BCUT2D eigenvalue weighted by Crippen LogP contribution is 2.28. The average Bonchev–Trinajstić information content (AvgIpc) is 3.50. The van der Waals surface area contributed by atoms with E-state index in [0.717, 1.165) is 63.6 Å². The maximum absolute atomic E-state index is 14.9. The Hall–Kier alpha value is -2.56. The fourth-order valence-corrected chi connectivity index (χ4v) is 4.90. The first kappa shape index (κ1) is 23.2. The van der Waals surface area contributed by atoms with E-state index in [1.165, 1.54) is 0 Å². The summed E-state index contributed by atoms with van der Waals surface area (Å²) in [5.74, 6) is 0.355. The van der Waals surface area contributed by atoms with Gasteiger partial charge in [-0.15, -0.1) is 0 Å². The van der Waals surface area contributed by atoms with Crippen LogP contribution in [-0.4, -0.2) is 85.6 Å². The monoisotopic (exact) mass is 467 g/mol. The van der Waals surface area contributed by atoms with Crippen LogP contribution in [0.25, 0.3) is 11.1 Å². The Morgan fingerprint density at radius 1 is 1.03 bits per heavy atom. The van der Waals surface area contributed by atoms with Gasteiger partial charge in [-0.3, -0.25) is 15.6 Å². The molecule has 2 aromatic rings. The van der Waals surface area contributed by atoms with Crippen molar-refractivity contribution in [1.29, 1.82) is 5.41 Å².